The summed E-state index contributed by atoms with van der Waals surface area (Å²) in [4.78, 5) is 12.7. The molecule has 0 aliphatic heterocycles. The molecule has 0 aliphatic carbocycles. The third-order valence-corrected chi connectivity index (χ3v) is 4.47. The van der Waals surface area contributed by atoms with Crippen molar-refractivity contribution in [3.63, 3.8) is 0 Å². The van der Waals surface area contributed by atoms with Crippen LogP contribution in [0.4, 0.5) is 5.69 Å². The molecule has 0 atom stereocenters. The standard InChI is InChI=1S/C17H20N2O4S/c1-3-18(4-2)19(17(20)14-8-6-5-7-9-14)15-10-12-16(13-11-15)24(21,22)23/h5-13H,3-4H2,1-2H3,(H,21,22,23). The Labute approximate surface area is 142 Å². The average molecular weight is 348 g/mol. The zero-order valence-corrected chi connectivity index (χ0v) is 14.4. The summed E-state index contributed by atoms with van der Waals surface area (Å²) in [7, 11) is -4.27. The summed E-state index contributed by atoms with van der Waals surface area (Å²) in [6, 6.07) is 14.4. The van der Waals surface area contributed by atoms with Crippen molar-refractivity contribution < 1.29 is 17.8 Å². The number of carbonyl (C=O) groups excluding carboxylic acids is 1. The Hall–Kier alpha value is -2.22. The van der Waals surface area contributed by atoms with Gasteiger partial charge in [0.1, 0.15) is 0 Å². The van der Waals surface area contributed by atoms with Gasteiger partial charge in [-0.05, 0) is 36.4 Å². The Balaban J connectivity index is 2.45. The predicted molar refractivity (Wildman–Crippen MR) is 92.4 cm³/mol. The van der Waals surface area contributed by atoms with Crippen LogP contribution in [0.2, 0.25) is 0 Å². The van der Waals surface area contributed by atoms with Crippen molar-refractivity contribution in [2.24, 2.45) is 0 Å². The molecular formula is C17H20N2O4S. The second-order valence-corrected chi connectivity index (χ2v) is 6.51. The van der Waals surface area contributed by atoms with E-state index in [2.05, 4.69) is 0 Å². The van der Waals surface area contributed by atoms with E-state index in [1.807, 2.05) is 24.9 Å². The maximum absolute atomic E-state index is 12.9. The first-order valence-electron chi connectivity index (χ1n) is 7.60. The van der Waals surface area contributed by atoms with E-state index < -0.39 is 10.1 Å². The summed E-state index contributed by atoms with van der Waals surface area (Å²) in [5.41, 5.74) is 1.06. The Morgan fingerprint density at radius 1 is 0.958 bits per heavy atom. The Bertz CT molecular complexity index is 785. The van der Waals surface area contributed by atoms with Crippen LogP contribution in [-0.2, 0) is 10.1 Å². The fourth-order valence-electron chi connectivity index (χ4n) is 2.38. The SMILES string of the molecule is CCN(CC)N(C(=O)c1ccccc1)c1ccc(S(=O)(=O)O)cc1. The van der Waals surface area contributed by atoms with Crippen molar-refractivity contribution in [3.8, 4) is 0 Å². The maximum Gasteiger partial charge on any atom is 0.294 e. The normalized spacial score (nSPS) is 11.5. The predicted octanol–water partition coefficient (Wildman–Crippen LogP) is 2.84. The van der Waals surface area contributed by atoms with Gasteiger partial charge in [-0.3, -0.25) is 9.35 Å². The maximum atomic E-state index is 12.9. The van der Waals surface area contributed by atoms with E-state index in [0.29, 0.717) is 24.3 Å². The van der Waals surface area contributed by atoms with Crippen LogP contribution in [0.25, 0.3) is 0 Å². The number of carbonyl (C=O) groups is 1. The molecule has 0 aromatic heterocycles. The number of hydrazine groups is 1. The Morgan fingerprint density at radius 3 is 1.96 bits per heavy atom. The number of nitrogens with zero attached hydrogens (tertiary/aromatic N) is 2. The quantitative estimate of drug-likeness (QED) is 0.641. The lowest BCUT2D eigenvalue weighted by atomic mass is 10.2. The molecule has 0 fully saturated rings. The topological polar surface area (TPSA) is 77.9 Å². The number of amides is 1. The molecule has 2 aromatic carbocycles. The van der Waals surface area contributed by atoms with Crippen LogP contribution in [0.1, 0.15) is 24.2 Å². The van der Waals surface area contributed by atoms with E-state index in [4.69, 9.17) is 4.55 Å². The number of anilines is 1. The van der Waals surface area contributed by atoms with Gasteiger partial charge in [-0.2, -0.15) is 8.42 Å². The summed E-state index contributed by atoms with van der Waals surface area (Å²) in [5, 5.41) is 3.36. The number of hydrogen-bond donors (Lipinski definition) is 1. The van der Waals surface area contributed by atoms with Crippen molar-refractivity contribution >= 4 is 21.7 Å². The van der Waals surface area contributed by atoms with Gasteiger partial charge in [0, 0.05) is 18.7 Å². The van der Waals surface area contributed by atoms with Crippen LogP contribution >= 0.6 is 0 Å². The van der Waals surface area contributed by atoms with E-state index in [-0.39, 0.29) is 10.8 Å². The molecule has 128 valence electrons. The third kappa shape index (κ3) is 4.00. The van der Waals surface area contributed by atoms with Crippen LogP contribution in [0, 0.1) is 0 Å². The molecule has 1 N–H and O–H groups in total. The first-order valence-corrected chi connectivity index (χ1v) is 9.04. The lowest BCUT2D eigenvalue weighted by molar-refractivity contribution is 0.0902. The molecule has 6 nitrogen and oxygen atoms in total. The van der Waals surface area contributed by atoms with Crippen LogP contribution in [0.15, 0.2) is 59.5 Å². The monoisotopic (exact) mass is 348 g/mol. The Morgan fingerprint density at radius 2 is 1.50 bits per heavy atom. The molecule has 1 amide bonds. The van der Waals surface area contributed by atoms with Crippen molar-refractivity contribution in [3.05, 3.63) is 60.2 Å². The van der Waals surface area contributed by atoms with Crippen molar-refractivity contribution in [1.29, 1.82) is 0 Å². The van der Waals surface area contributed by atoms with Crippen LogP contribution in [0.5, 0.6) is 0 Å². The first-order chi connectivity index (χ1) is 11.4. The molecule has 0 saturated carbocycles. The number of hydrogen-bond acceptors (Lipinski definition) is 4. The summed E-state index contributed by atoms with van der Waals surface area (Å²) in [6.07, 6.45) is 0. The highest BCUT2D eigenvalue weighted by molar-refractivity contribution is 7.85. The second kappa shape index (κ2) is 7.57. The van der Waals surface area contributed by atoms with Gasteiger partial charge in [0.25, 0.3) is 16.0 Å². The van der Waals surface area contributed by atoms with Crippen LogP contribution in [0.3, 0.4) is 0 Å². The smallest absolute Gasteiger partial charge is 0.282 e. The highest BCUT2D eigenvalue weighted by Gasteiger charge is 2.23. The minimum absolute atomic E-state index is 0.209. The van der Waals surface area contributed by atoms with Gasteiger partial charge in [-0.1, -0.05) is 32.0 Å². The number of benzene rings is 2. The summed E-state index contributed by atoms with van der Waals surface area (Å²) < 4.78 is 31.4. The van der Waals surface area contributed by atoms with Crippen molar-refractivity contribution in [1.82, 2.24) is 5.01 Å². The van der Waals surface area contributed by atoms with Gasteiger partial charge < -0.3 is 0 Å². The van der Waals surface area contributed by atoms with E-state index in [9.17, 15) is 13.2 Å². The first kappa shape index (κ1) is 18.1. The minimum Gasteiger partial charge on any atom is -0.282 e. The minimum atomic E-state index is -4.27. The highest BCUT2D eigenvalue weighted by atomic mass is 32.2. The fraction of sp³-hybridized carbons (Fsp3) is 0.235. The molecule has 0 saturated heterocycles. The Kier molecular flexibility index (Phi) is 5.71. The lowest BCUT2D eigenvalue weighted by Crippen LogP contribution is -2.46. The molecule has 0 heterocycles. The highest BCUT2D eigenvalue weighted by Crippen LogP contribution is 2.22. The zero-order valence-electron chi connectivity index (χ0n) is 13.6. The molecule has 0 unspecified atom stereocenters. The second-order valence-electron chi connectivity index (χ2n) is 5.09. The van der Waals surface area contributed by atoms with E-state index in [1.165, 1.54) is 29.3 Å². The lowest BCUT2D eigenvalue weighted by Gasteiger charge is -2.33. The molecule has 0 bridgehead atoms. The molecule has 2 rings (SSSR count). The van der Waals surface area contributed by atoms with Gasteiger partial charge in [0.2, 0.25) is 0 Å². The summed E-state index contributed by atoms with van der Waals surface area (Å²) in [5.74, 6) is -0.209. The molecule has 24 heavy (non-hydrogen) atoms. The fourth-order valence-corrected chi connectivity index (χ4v) is 2.86. The summed E-state index contributed by atoms with van der Waals surface area (Å²) in [6.45, 7) is 5.08. The largest absolute Gasteiger partial charge is 0.294 e. The third-order valence-electron chi connectivity index (χ3n) is 3.61. The van der Waals surface area contributed by atoms with Crippen molar-refractivity contribution in [2.75, 3.05) is 18.1 Å². The van der Waals surface area contributed by atoms with Crippen molar-refractivity contribution in [2.45, 2.75) is 18.7 Å². The molecule has 0 aliphatic rings. The van der Waals surface area contributed by atoms with Gasteiger partial charge in [0.05, 0.1) is 10.6 Å². The van der Waals surface area contributed by atoms with E-state index in [0.717, 1.165) is 0 Å². The zero-order chi connectivity index (χ0) is 17.7. The molecule has 0 radical (unpaired) electrons. The van der Waals surface area contributed by atoms with Gasteiger partial charge in [0.15, 0.2) is 0 Å². The van der Waals surface area contributed by atoms with E-state index >= 15 is 0 Å². The summed E-state index contributed by atoms with van der Waals surface area (Å²) >= 11 is 0. The van der Waals surface area contributed by atoms with Gasteiger partial charge in [-0.15, -0.1) is 0 Å². The molecular weight excluding hydrogens is 328 g/mol. The molecule has 0 spiro atoms. The molecule has 2 aromatic rings. The van der Waals surface area contributed by atoms with Gasteiger partial charge >= 0.3 is 0 Å². The number of rotatable bonds is 6. The van der Waals surface area contributed by atoms with E-state index in [1.54, 1.807) is 24.3 Å². The van der Waals surface area contributed by atoms with Gasteiger partial charge in [-0.25, -0.2) is 10.0 Å². The van der Waals surface area contributed by atoms with Crippen LogP contribution < -0.4 is 5.01 Å². The van der Waals surface area contributed by atoms with Crippen LogP contribution in [-0.4, -0.2) is 37.0 Å². The average Bonchev–Trinajstić information content (AvgIpc) is 2.59. The molecule has 7 heteroatoms.